The van der Waals surface area contributed by atoms with Gasteiger partial charge in [-0.1, -0.05) is 55.6 Å². The van der Waals surface area contributed by atoms with Crippen molar-refractivity contribution >= 4 is 34.8 Å². The summed E-state index contributed by atoms with van der Waals surface area (Å²) in [5.74, 6) is 0.457. The van der Waals surface area contributed by atoms with Gasteiger partial charge in [0.05, 0.1) is 0 Å². The van der Waals surface area contributed by atoms with Crippen LogP contribution in [-0.4, -0.2) is 15.0 Å². The molecule has 6 heteroatoms. The molecule has 0 amide bonds. The van der Waals surface area contributed by atoms with Crippen molar-refractivity contribution in [1.29, 1.82) is 0 Å². The van der Waals surface area contributed by atoms with Crippen molar-refractivity contribution in [3.63, 3.8) is 0 Å². The fourth-order valence-electron chi connectivity index (χ4n) is 1.89. The van der Waals surface area contributed by atoms with Crippen LogP contribution < -0.4 is 0 Å². The fraction of sp³-hybridized carbons (Fsp3) is 0.286. The molecule has 0 aromatic carbocycles. The third-order valence-electron chi connectivity index (χ3n) is 3.33. The molecule has 0 aliphatic carbocycles. The second-order valence-electron chi connectivity index (χ2n) is 5.99. The lowest BCUT2D eigenvalue weighted by Crippen LogP contribution is -1.90. The maximum Gasteiger partial charge on any atom is 0.0443 e. The van der Waals surface area contributed by atoms with E-state index in [0.717, 1.165) is 38.6 Å². The lowest BCUT2D eigenvalue weighted by molar-refractivity contribution is 0.823. The molecular weight excluding hydrogens is 401 g/mol. The number of aryl methyl sites for hydroxylation is 2. The number of halogens is 3. The Bertz CT molecular complexity index is 806. The van der Waals surface area contributed by atoms with Crippen LogP contribution in [0.5, 0.6) is 0 Å². The largest absolute Gasteiger partial charge is 0.262 e. The summed E-state index contributed by atoms with van der Waals surface area (Å²) < 4.78 is 0. The Balaban J connectivity index is 0.000000204. The molecule has 3 heterocycles. The Morgan fingerprint density at radius 2 is 1.30 bits per heavy atom. The van der Waals surface area contributed by atoms with E-state index in [1.54, 1.807) is 36.8 Å². The van der Waals surface area contributed by atoms with E-state index in [1.165, 1.54) is 0 Å². The van der Waals surface area contributed by atoms with E-state index in [1.807, 2.05) is 25.1 Å². The summed E-state index contributed by atoms with van der Waals surface area (Å²) >= 11 is 17.0. The monoisotopic (exact) mass is 423 g/mol. The molecule has 0 saturated carbocycles. The van der Waals surface area contributed by atoms with Gasteiger partial charge < -0.3 is 0 Å². The lowest BCUT2D eigenvalue weighted by atomic mass is 10.1. The van der Waals surface area contributed by atoms with Crippen LogP contribution in [-0.2, 0) is 6.42 Å². The van der Waals surface area contributed by atoms with E-state index in [-0.39, 0.29) is 0 Å². The molecular formula is C21H24Cl3N3. The molecule has 3 rings (SSSR count). The predicted octanol–water partition coefficient (Wildman–Crippen LogP) is 7.20. The number of hydrogen-bond acceptors (Lipinski definition) is 3. The van der Waals surface area contributed by atoms with Crippen LogP contribution in [0.25, 0.3) is 0 Å². The standard InChI is InChI=1S/C8H10ClN.C7H8ClN.C6H6ClN/c1-6(2)8-5-7(9)3-4-10-8;1-2-7-5-6(8)3-4-9-7;1-5-4-6(7)2-3-8-5/h3-6H,1-2H3;3-5H,2H2,1H3;2-4H,1H3. The predicted molar refractivity (Wildman–Crippen MR) is 116 cm³/mol. The highest BCUT2D eigenvalue weighted by molar-refractivity contribution is 6.31. The molecule has 3 aromatic rings. The van der Waals surface area contributed by atoms with Gasteiger partial charge in [-0.05, 0) is 55.7 Å². The second-order valence-corrected chi connectivity index (χ2v) is 7.30. The molecule has 0 atom stereocenters. The number of rotatable bonds is 2. The van der Waals surface area contributed by atoms with Crippen molar-refractivity contribution in [2.75, 3.05) is 0 Å². The van der Waals surface area contributed by atoms with Gasteiger partial charge in [-0.25, -0.2) is 0 Å². The molecule has 0 unspecified atom stereocenters. The van der Waals surface area contributed by atoms with Crippen LogP contribution in [0.4, 0.5) is 0 Å². The van der Waals surface area contributed by atoms with Gasteiger partial charge >= 0.3 is 0 Å². The number of pyridine rings is 3. The van der Waals surface area contributed by atoms with Gasteiger partial charge in [-0.3, -0.25) is 15.0 Å². The summed E-state index contributed by atoms with van der Waals surface area (Å²) in [6.45, 7) is 8.15. The van der Waals surface area contributed by atoms with Crippen LogP contribution in [0.3, 0.4) is 0 Å². The van der Waals surface area contributed by atoms with Crippen LogP contribution >= 0.6 is 34.8 Å². The lowest BCUT2D eigenvalue weighted by Gasteiger charge is -2.02. The van der Waals surface area contributed by atoms with Gasteiger partial charge in [-0.2, -0.15) is 0 Å². The van der Waals surface area contributed by atoms with E-state index in [4.69, 9.17) is 34.8 Å². The fourth-order valence-corrected chi connectivity index (χ4v) is 2.45. The zero-order valence-electron chi connectivity index (χ0n) is 16.0. The van der Waals surface area contributed by atoms with Crippen LogP contribution in [0.15, 0.2) is 55.0 Å². The normalized spacial score (nSPS) is 9.78. The number of nitrogens with zero attached hydrogens (tertiary/aromatic N) is 3. The highest BCUT2D eigenvalue weighted by atomic mass is 35.5. The molecule has 0 radical (unpaired) electrons. The molecule has 0 bridgehead atoms. The van der Waals surface area contributed by atoms with Gasteiger partial charge in [-0.15, -0.1) is 0 Å². The molecule has 0 aliphatic heterocycles. The van der Waals surface area contributed by atoms with E-state index >= 15 is 0 Å². The molecule has 144 valence electrons. The molecule has 0 saturated heterocycles. The summed E-state index contributed by atoms with van der Waals surface area (Å²) in [6, 6.07) is 10.9. The zero-order valence-corrected chi connectivity index (χ0v) is 18.2. The molecule has 0 spiro atoms. The first-order valence-corrected chi connectivity index (χ1v) is 9.75. The maximum absolute atomic E-state index is 5.75. The van der Waals surface area contributed by atoms with Crippen molar-refractivity contribution in [3.05, 3.63) is 87.1 Å². The Morgan fingerprint density at radius 1 is 0.778 bits per heavy atom. The van der Waals surface area contributed by atoms with Crippen molar-refractivity contribution in [1.82, 2.24) is 15.0 Å². The van der Waals surface area contributed by atoms with Gasteiger partial charge in [0.15, 0.2) is 0 Å². The molecule has 0 N–H and O–H groups in total. The average Bonchev–Trinajstić information content (AvgIpc) is 2.62. The highest BCUT2D eigenvalue weighted by Gasteiger charge is 1.99. The van der Waals surface area contributed by atoms with Crippen molar-refractivity contribution in [2.24, 2.45) is 0 Å². The van der Waals surface area contributed by atoms with Gasteiger partial charge in [0.1, 0.15) is 0 Å². The van der Waals surface area contributed by atoms with E-state index in [0.29, 0.717) is 5.92 Å². The Hall–Kier alpha value is -1.68. The Kier molecular flexibility index (Phi) is 11.0. The zero-order chi connectivity index (χ0) is 20.2. The smallest absolute Gasteiger partial charge is 0.0443 e. The first kappa shape index (κ1) is 23.4. The van der Waals surface area contributed by atoms with Crippen molar-refractivity contribution < 1.29 is 0 Å². The van der Waals surface area contributed by atoms with Gasteiger partial charge in [0, 0.05) is 50.7 Å². The summed E-state index contributed by atoms with van der Waals surface area (Å²) in [5, 5.41) is 2.28. The minimum atomic E-state index is 0.457. The van der Waals surface area contributed by atoms with Crippen molar-refractivity contribution in [2.45, 2.75) is 40.0 Å². The van der Waals surface area contributed by atoms with Crippen molar-refractivity contribution in [3.8, 4) is 0 Å². The minimum absolute atomic E-state index is 0.457. The van der Waals surface area contributed by atoms with Crippen LogP contribution in [0.1, 0.15) is 43.8 Å². The first-order valence-electron chi connectivity index (χ1n) is 8.61. The van der Waals surface area contributed by atoms with Gasteiger partial charge in [0.2, 0.25) is 0 Å². The topological polar surface area (TPSA) is 38.7 Å². The summed E-state index contributed by atoms with van der Waals surface area (Å²) in [5.41, 5.74) is 3.05. The van der Waals surface area contributed by atoms with E-state index < -0.39 is 0 Å². The summed E-state index contributed by atoms with van der Waals surface area (Å²) in [7, 11) is 0. The van der Waals surface area contributed by atoms with E-state index in [2.05, 4.69) is 35.7 Å². The average molecular weight is 425 g/mol. The number of aromatic nitrogens is 3. The first-order chi connectivity index (χ1) is 12.8. The second kappa shape index (κ2) is 12.7. The van der Waals surface area contributed by atoms with E-state index in [9.17, 15) is 0 Å². The van der Waals surface area contributed by atoms with Crippen LogP contribution in [0, 0.1) is 6.92 Å². The van der Waals surface area contributed by atoms with Crippen LogP contribution in [0.2, 0.25) is 15.1 Å². The Labute approximate surface area is 176 Å². The third kappa shape index (κ3) is 10.3. The Morgan fingerprint density at radius 3 is 1.63 bits per heavy atom. The minimum Gasteiger partial charge on any atom is -0.262 e. The SMILES string of the molecule is CC(C)c1cc(Cl)ccn1.CCc1cc(Cl)ccn1.Cc1cc(Cl)ccn1. The molecule has 3 aromatic heterocycles. The molecule has 3 nitrogen and oxygen atoms in total. The molecule has 27 heavy (non-hydrogen) atoms. The highest BCUT2D eigenvalue weighted by Crippen LogP contribution is 2.15. The molecule has 0 fully saturated rings. The summed E-state index contributed by atoms with van der Waals surface area (Å²) in [6.07, 6.45) is 6.09. The number of hydrogen-bond donors (Lipinski definition) is 0. The quantitative estimate of drug-likeness (QED) is 0.436. The van der Waals surface area contributed by atoms with Gasteiger partial charge in [0.25, 0.3) is 0 Å². The summed E-state index contributed by atoms with van der Waals surface area (Å²) in [4.78, 5) is 12.2. The third-order valence-corrected chi connectivity index (χ3v) is 4.04. The maximum atomic E-state index is 5.75. The molecule has 0 aliphatic rings.